The van der Waals surface area contributed by atoms with Crippen LogP contribution in [0.1, 0.15) is 38.5 Å². The van der Waals surface area contributed by atoms with Crippen LogP contribution in [0.25, 0.3) is 0 Å². The van der Waals surface area contributed by atoms with E-state index < -0.39 is 0 Å². The predicted octanol–water partition coefficient (Wildman–Crippen LogP) is 3.72. The standard InChI is InChI=1S/C11H17ClN4.C11H18N4.V/c1-15(2)11-9(8-10(12)13-14-11)16-6-4-3-5-7-16;1-14(2)11-10(6-7-12-13-11)15-8-4-3-5-9-15;/h8H,3-7H2,1-2H3;6-7H,3-5,8-9H2,1-2H3;. The smallest absolute Gasteiger partial charge is 0.174 e. The topological polar surface area (TPSA) is 64.5 Å². The molecule has 0 atom stereocenters. The number of aromatic nitrogens is 4. The summed E-state index contributed by atoms with van der Waals surface area (Å²) in [5, 5.41) is 16.7. The van der Waals surface area contributed by atoms with Gasteiger partial charge in [-0.1, -0.05) is 11.6 Å². The Hall–Kier alpha value is -1.77. The summed E-state index contributed by atoms with van der Waals surface area (Å²) in [6, 6.07) is 3.98. The normalized spacial score (nSPS) is 15.9. The second-order valence-electron chi connectivity index (χ2n) is 8.50. The van der Waals surface area contributed by atoms with Gasteiger partial charge < -0.3 is 19.6 Å². The van der Waals surface area contributed by atoms with Crippen LogP contribution in [0.2, 0.25) is 5.15 Å². The van der Waals surface area contributed by atoms with E-state index in [2.05, 4.69) is 36.3 Å². The monoisotopic (exact) mass is 497 g/mol. The minimum absolute atomic E-state index is 0. The number of hydrogen-bond donors (Lipinski definition) is 0. The van der Waals surface area contributed by atoms with Crippen molar-refractivity contribution in [3.8, 4) is 0 Å². The van der Waals surface area contributed by atoms with E-state index in [1.165, 1.54) is 44.2 Å². The first-order valence-corrected chi connectivity index (χ1v) is 11.5. The molecule has 0 aliphatic carbocycles. The fourth-order valence-corrected chi connectivity index (χ4v) is 4.20. The van der Waals surface area contributed by atoms with Gasteiger partial charge in [0.15, 0.2) is 16.8 Å². The van der Waals surface area contributed by atoms with Crippen molar-refractivity contribution in [3.05, 3.63) is 23.5 Å². The molecule has 0 N–H and O–H groups in total. The Kier molecular flexibility index (Phi) is 10.8. The van der Waals surface area contributed by atoms with Crippen LogP contribution >= 0.6 is 11.6 Å². The molecule has 32 heavy (non-hydrogen) atoms. The van der Waals surface area contributed by atoms with Gasteiger partial charge in [0.2, 0.25) is 0 Å². The number of piperidine rings is 2. The van der Waals surface area contributed by atoms with Crippen molar-refractivity contribution in [2.75, 3.05) is 74.0 Å². The molecule has 0 unspecified atom stereocenters. The molecular weight excluding hydrogens is 463 g/mol. The SMILES string of the molecule is CN(C)c1nnc(Cl)cc1N1CCCCC1.CN(C)c1nnccc1N1CCCCC1.[V]. The van der Waals surface area contributed by atoms with Crippen molar-refractivity contribution in [3.63, 3.8) is 0 Å². The summed E-state index contributed by atoms with van der Waals surface area (Å²) in [6.45, 7) is 4.46. The van der Waals surface area contributed by atoms with Gasteiger partial charge in [0, 0.05) is 79.0 Å². The molecule has 4 heterocycles. The van der Waals surface area contributed by atoms with Gasteiger partial charge in [-0.25, -0.2) is 0 Å². The third-order valence-corrected chi connectivity index (χ3v) is 5.83. The van der Waals surface area contributed by atoms with Crippen LogP contribution < -0.4 is 19.6 Å². The summed E-state index contributed by atoms with van der Waals surface area (Å²) in [7, 11) is 7.98. The first-order valence-electron chi connectivity index (χ1n) is 11.2. The minimum atomic E-state index is 0. The van der Waals surface area contributed by atoms with Crippen molar-refractivity contribution in [1.29, 1.82) is 0 Å². The molecule has 2 aliphatic heterocycles. The Morgan fingerprint density at radius 2 is 1.22 bits per heavy atom. The van der Waals surface area contributed by atoms with E-state index >= 15 is 0 Å². The summed E-state index contributed by atoms with van der Waals surface area (Å²) >= 11 is 5.92. The van der Waals surface area contributed by atoms with Gasteiger partial charge in [-0.05, 0) is 44.6 Å². The van der Waals surface area contributed by atoms with E-state index in [1.807, 2.05) is 44.1 Å². The fraction of sp³-hybridized carbons (Fsp3) is 0.636. The Morgan fingerprint density at radius 3 is 1.75 bits per heavy atom. The molecule has 2 fully saturated rings. The quantitative estimate of drug-likeness (QED) is 0.633. The van der Waals surface area contributed by atoms with Crippen LogP contribution in [-0.4, -0.2) is 74.8 Å². The van der Waals surface area contributed by atoms with Gasteiger partial charge in [-0.3, -0.25) is 0 Å². The van der Waals surface area contributed by atoms with Crippen LogP contribution in [0, 0.1) is 0 Å². The predicted molar refractivity (Wildman–Crippen MR) is 130 cm³/mol. The summed E-state index contributed by atoms with van der Waals surface area (Å²) in [4.78, 5) is 8.76. The Balaban J connectivity index is 0.000000220. The number of halogens is 1. The van der Waals surface area contributed by atoms with Crippen molar-refractivity contribution in [1.82, 2.24) is 20.4 Å². The average molecular weight is 498 g/mol. The molecule has 4 rings (SSSR count). The van der Waals surface area contributed by atoms with Crippen LogP contribution in [0.3, 0.4) is 0 Å². The van der Waals surface area contributed by atoms with Crippen LogP contribution in [-0.2, 0) is 18.6 Å². The number of nitrogens with zero attached hydrogens (tertiary/aromatic N) is 8. The maximum absolute atomic E-state index is 5.92. The molecule has 175 valence electrons. The van der Waals surface area contributed by atoms with Crippen LogP contribution in [0.4, 0.5) is 23.0 Å². The first-order chi connectivity index (χ1) is 15.0. The van der Waals surface area contributed by atoms with E-state index in [1.54, 1.807) is 6.20 Å². The maximum Gasteiger partial charge on any atom is 0.174 e. The van der Waals surface area contributed by atoms with E-state index in [0.717, 1.165) is 43.5 Å². The van der Waals surface area contributed by atoms with Crippen molar-refractivity contribution in [2.45, 2.75) is 38.5 Å². The van der Waals surface area contributed by atoms with Gasteiger partial charge in [-0.15, -0.1) is 15.3 Å². The molecule has 10 heteroatoms. The fourth-order valence-electron chi connectivity index (χ4n) is 4.06. The molecule has 2 saturated heterocycles. The molecule has 0 aromatic carbocycles. The van der Waals surface area contributed by atoms with Gasteiger partial charge >= 0.3 is 0 Å². The number of hydrogen-bond acceptors (Lipinski definition) is 8. The Labute approximate surface area is 209 Å². The second kappa shape index (κ2) is 13.1. The maximum atomic E-state index is 5.92. The first kappa shape index (κ1) is 26.5. The van der Waals surface area contributed by atoms with Crippen LogP contribution in [0.15, 0.2) is 18.3 Å². The molecule has 2 aromatic rings. The van der Waals surface area contributed by atoms with E-state index in [4.69, 9.17) is 11.6 Å². The summed E-state index contributed by atoms with van der Waals surface area (Å²) < 4.78 is 0. The number of rotatable bonds is 4. The molecular formula is C22H35ClN8V. The van der Waals surface area contributed by atoms with Crippen LogP contribution in [0.5, 0.6) is 0 Å². The molecule has 2 aliphatic rings. The van der Waals surface area contributed by atoms with Crippen molar-refractivity contribution >= 4 is 34.6 Å². The summed E-state index contributed by atoms with van der Waals surface area (Å²) in [5.74, 6) is 1.87. The summed E-state index contributed by atoms with van der Waals surface area (Å²) in [5.41, 5.74) is 2.32. The van der Waals surface area contributed by atoms with Gasteiger partial charge in [-0.2, -0.15) is 5.10 Å². The minimum Gasteiger partial charge on any atom is -0.368 e. The zero-order valence-corrected chi connectivity index (χ0v) is 21.9. The van der Waals surface area contributed by atoms with E-state index in [9.17, 15) is 0 Å². The molecule has 0 amide bonds. The van der Waals surface area contributed by atoms with Gasteiger partial charge in [0.1, 0.15) is 0 Å². The Morgan fingerprint density at radius 1 is 0.719 bits per heavy atom. The summed E-state index contributed by atoms with van der Waals surface area (Å²) in [6.07, 6.45) is 9.51. The third kappa shape index (κ3) is 7.12. The molecule has 1 radical (unpaired) electrons. The molecule has 0 bridgehead atoms. The molecule has 8 nitrogen and oxygen atoms in total. The van der Waals surface area contributed by atoms with Gasteiger partial charge in [0.05, 0.1) is 17.6 Å². The van der Waals surface area contributed by atoms with Gasteiger partial charge in [0.25, 0.3) is 0 Å². The zero-order chi connectivity index (χ0) is 22.2. The Bertz CT molecular complexity index is 823. The van der Waals surface area contributed by atoms with E-state index in [0.29, 0.717) is 5.15 Å². The second-order valence-corrected chi connectivity index (χ2v) is 8.89. The van der Waals surface area contributed by atoms with Crippen molar-refractivity contribution < 1.29 is 18.6 Å². The third-order valence-electron chi connectivity index (χ3n) is 5.65. The molecule has 0 spiro atoms. The van der Waals surface area contributed by atoms with Crippen molar-refractivity contribution in [2.24, 2.45) is 0 Å². The average Bonchev–Trinajstić information content (AvgIpc) is 2.80. The molecule has 0 saturated carbocycles. The zero-order valence-electron chi connectivity index (χ0n) is 19.7. The number of anilines is 4. The van der Waals surface area contributed by atoms with E-state index in [-0.39, 0.29) is 18.6 Å². The molecule has 2 aromatic heterocycles. The largest absolute Gasteiger partial charge is 0.368 e.